The predicted molar refractivity (Wildman–Crippen MR) is 111 cm³/mol. The van der Waals surface area contributed by atoms with Gasteiger partial charge in [0, 0.05) is 55.7 Å². The first kappa shape index (κ1) is 18.9. The maximum Gasteiger partial charge on any atom is 0.253 e. The number of carbonyl (C=O) groups excluding carboxylic acids is 2. The molecule has 1 N–H and O–H groups in total. The molecule has 6 heteroatoms. The summed E-state index contributed by atoms with van der Waals surface area (Å²) in [5, 5.41) is 2.98. The average Bonchev–Trinajstić information content (AvgIpc) is 3.33. The van der Waals surface area contributed by atoms with Crippen molar-refractivity contribution in [2.24, 2.45) is 5.92 Å². The lowest BCUT2D eigenvalue weighted by atomic mass is 9.96. The zero-order valence-electron chi connectivity index (χ0n) is 16.2. The van der Waals surface area contributed by atoms with E-state index in [1.54, 1.807) is 24.5 Å². The van der Waals surface area contributed by atoms with E-state index in [1.165, 1.54) is 0 Å². The Morgan fingerprint density at radius 2 is 1.69 bits per heavy atom. The Labute approximate surface area is 170 Å². The second-order valence-corrected chi connectivity index (χ2v) is 7.32. The molecular formula is C23H24N4O2. The fraction of sp³-hybridized carbons (Fsp3) is 0.261. The summed E-state index contributed by atoms with van der Waals surface area (Å²) < 4.78 is 2.01. The third kappa shape index (κ3) is 4.54. The normalized spacial score (nSPS) is 14.6. The summed E-state index contributed by atoms with van der Waals surface area (Å²) in [5.74, 6) is 0.358. The number of piperidine rings is 1. The Kier molecular flexibility index (Phi) is 5.70. The highest BCUT2D eigenvalue weighted by Gasteiger charge is 2.24. The summed E-state index contributed by atoms with van der Waals surface area (Å²) in [6.07, 6.45) is 8.96. The second kappa shape index (κ2) is 8.73. The highest BCUT2D eigenvalue weighted by Crippen LogP contribution is 2.19. The molecule has 148 valence electrons. The standard InChI is InChI=1S/C23H24N4O2/c28-22(20-4-3-11-24-17-20)25-16-18-9-14-27(15-10-18)23(29)19-5-7-21(8-6-19)26-12-1-2-13-26/h1-8,11-13,17-18H,9-10,14-16H2,(H,25,28). The lowest BCUT2D eigenvalue weighted by Crippen LogP contribution is -2.41. The number of pyridine rings is 1. The van der Waals surface area contributed by atoms with Crippen molar-refractivity contribution in [1.82, 2.24) is 19.8 Å². The molecule has 0 atom stereocenters. The van der Waals surface area contributed by atoms with Gasteiger partial charge in [0.2, 0.25) is 0 Å². The lowest BCUT2D eigenvalue weighted by Gasteiger charge is -2.32. The number of benzene rings is 1. The molecule has 1 saturated heterocycles. The molecule has 1 aromatic carbocycles. The van der Waals surface area contributed by atoms with Gasteiger partial charge in [-0.1, -0.05) is 0 Å². The number of aromatic nitrogens is 2. The van der Waals surface area contributed by atoms with Crippen molar-refractivity contribution in [3.05, 3.63) is 84.4 Å². The molecular weight excluding hydrogens is 364 g/mol. The van der Waals surface area contributed by atoms with Gasteiger partial charge in [0.05, 0.1) is 5.56 Å². The third-order valence-corrected chi connectivity index (χ3v) is 5.39. The fourth-order valence-corrected chi connectivity index (χ4v) is 3.64. The molecule has 2 aromatic heterocycles. The van der Waals surface area contributed by atoms with Crippen molar-refractivity contribution in [3.63, 3.8) is 0 Å². The number of nitrogens with zero attached hydrogens (tertiary/aromatic N) is 3. The number of nitrogens with one attached hydrogen (secondary N) is 1. The van der Waals surface area contributed by atoms with Gasteiger partial charge in [0.25, 0.3) is 11.8 Å². The van der Waals surface area contributed by atoms with E-state index in [4.69, 9.17) is 0 Å². The van der Waals surface area contributed by atoms with Crippen molar-refractivity contribution < 1.29 is 9.59 Å². The molecule has 1 aliphatic rings. The molecule has 0 spiro atoms. The number of carbonyl (C=O) groups is 2. The Balaban J connectivity index is 1.27. The van der Waals surface area contributed by atoms with Gasteiger partial charge in [0.1, 0.15) is 0 Å². The molecule has 0 aliphatic carbocycles. The van der Waals surface area contributed by atoms with Gasteiger partial charge < -0.3 is 14.8 Å². The lowest BCUT2D eigenvalue weighted by molar-refractivity contribution is 0.0684. The van der Waals surface area contributed by atoms with Crippen molar-refractivity contribution in [1.29, 1.82) is 0 Å². The Hall–Kier alpha value is -3.41. The Bertz CT molecular complexity index is 944. The quantitative estimate of drug-likeness (QED) is 0.730. The highest BCUT2D eigenvalue weighted by atomic mass is 16.2. The van der Waals surface area contributed by atoms with Crippen LogP contribution in [0.2, 0.25) is 0 Å². The van der Waals surface area contributed by atoms with E-state index in [-0.39, 0.29) is 11.8 Å². The monoisotopic (exact) mass is 388 g/mol. The van der Waals surface area contributed by atoms with Gasteiger partial charge in [-0.05, 0) is 67.3 Å². The molecule has 2 amide bonds. The summed E-state index contributed by atoms with van der Waals surface area (Å²) in [7, 11) is 0. The largest absolute Gasteiger partial charge is 0.352 e. The first-order chi connectivity index (χ1) is 14.2. The number of hydrogen-bond donors (Lipinski definition) is 1. The van der Waals surface area contributed by atoms with Gasteiger partial charge in [-0.3, -0.25) is 14.6 Å². The van der Waals surface area contributed by atoms with E-state index in [1.807, 2.05) is 58.3 Å². The fourth-order valence-electron chi connectivity index (χ4n) is 3.64. The van der Waals surface area contributed by atoms with Crippen LogP contribution in [0.15, 0.2) is 73.3 Å². The smallest absolute Gasteiger partial charge is 0.253 e. The Morgan fingerprint density at radius 3 is 2.34 bits per heavy atom. The van der Waals surface area contributed by atoms with Crippen LogP contribution in [0.3, 0.4) is 0 Å². The molecule has 1 fully saturated rings. The van der Waals surface area contributed by atoms with Crippen LogP contribution in [0.25, 0.3) is 5.69 Å². The first-order valence-electron chi connectivity index (χ1n) is 9.91. The molecule has 6 nitrogen and oxygen atoms in total. The maximum atomic E-state index is 12.8. The summed E-state index contributed by atoms with van der Waals surface area (Å²) >= 11 is 0. The average molecular weight is 388 g/mol. The van der Waals surface area contributed by atoms with E-state index in [0.717, 1.165) is 18.5 Å². The van der Waals surface area contributed by atoms with Gasteiger partial charge in [-0.15, -0.1) is 0 Å². The maximum absolute atomic E-state index is 12.8. The van der Waals surface area contributed by atoms with E-state index >= 15 is 0 Å². The van der Waals surface area contributed by atoms with Crippen molar-refractivity contribution in [2.45, 2.75) is 12.8 Å². The SMILES string of the molecule is O=C(NCC1CCN(C(=O)c2ccc(-n3cccc3)cc2)CC1)c1cccnc1. The minimum atomic E-state index is -0.0978. The highest BCUT2D eigenvalue weighted by molar-refractivity contribution is 5.94. The van der Waals surface area contributed by atoms with Gasteiger partial charge in [0.15, 0.2) is 0 Å². The summed E-state index contributed by atoms with van der Waals surface area (Å²) in [6.45, 7) is 2.05. The van der Waals surface area contributed by atoms with Crippen LogP contribution in [0.4, 0.5) is 0 Å². The van der Waals surface area contributed by atoms with Crippen LogP contribution in [0.5, 0.6) is 0 Å². The molecule has 0 saturated carbocycles. The van der Waals surface area contributed by atoms with E-state index in [2.05, 4.69) is 10.3 Å². The van der Waals surface area contributed by atoms with E-state index in [0.29, 0.717) is 36.7 Å². The third-order valence-electron chi connectivity index (χ3n) is 5.39. The molecule has 0 radical (unpaired) electrons. The molecule has 3 aromatic rings. The predicted octanol–water partition coefficient (Wildman–Crippen LogP) is 3.15. The van der Waals surface area contributed by atoms with Crippen molar-refractivity contribution >= 4 is 11.8 Å². The molecule has 0 bridgehead atoms. The van der Waals surface area contributed by atoms with E-state index < -0.39 is 0 Å². The van der Waals surface area contributed by atoms with Gasteiger partial charge in [-0.2, -0.15) is 0 Å². The van der Waals surface area contributed by atoms with Crippen LogP contribution in [0, 0.1) is 5.92 Å². The summed E-state index contributed by atoms with van der Waals surface area (Å²) in [6, 6.07) is 15.2. The van der Waals surface area contributed by atoms with E-state index in [9.17, 15) is 9.59 Å². The first-order valence-corrected chi connectivity index (χ1v) is 9.91. The summed E-state index contributed by atoms with van der Waals surface area (Å²) in [4.78, 5) is 30.8. The van der Waals surface area contributed by atoms with Crippen LogP contribution >= 0.6 is 0 Å². The van der Waals surface area contributed by atoms with Crippen LogP contribution < -0.4 is 5.32 Å². The molecule has 29 heavy (non-hydrogen) atoms. The minimum absolute atomic E-state index is 0.0712. The minimum Gasteiger partial charge on any atom is -0.352 e. The molecule has 1 aliphatic heterocycles. The zero-order chi connectivity index (χ0) is 20.1. The van der Waals surface area contributed by atoms with Crippen LogP contribution in [-0.4, -0.2) is 45.9 Å². The molecule has 0 unspecified atom stereocenters. The topological polar surface area (TPSA) is 67.2 Å². The zero-order valence-corrected chi connectivity index (χ0v) is 16.2. The number of hydrogen-bond acceptors (Lipinski definition) is 3. The van der Waals surface area contributed by atoms with Crippen molar-refractivity contribution in [2.75, 3.05) is 19.6 Å². The van der Waals surface area contributed by atoms with Crippen LogP contribution in [0.1, 0.15) is 33.6 Å². The Morgan fingerprint density at radius 1 is 0.966 bits per heavy atom. The van der Waals surface area contributed by atoms with Crippen LogP contribution in [-0.2, 0) is 0 Å². The summed E-state index contributed by atoms with van der Waals surface area (Å²) in [5.41, 5.74) is 2.32. The number of amides is 2. The molecule has 4 rings (SSSR count). The molecule has 3 heterocycles. The van der Waals surface area contributed by atoms with Gasteiger partial charge in [-0.25, -0.2) is 0 Å². The number of likely N-dealkylation sites (tertiary alicyclic amines) is 1. The van der Waals surface area contributed by atoms with Crippen molar-refractivity contribution in [3.8, 4) is 5.69 Å². The second-order valence-electron chi connectivity index (χ2n) is 7.32. The van der Waals surface area contributed by atoms with Gasteiger partial charge >= 0.3 is 0 Å². The number of rotatable bonds is 5.